The Bertz CT molecular complexity index is 598. The van der Waals surface area contributed by atoms with E-state index < -0.39 is 5.82 Å². The van der Waals surface area contributed by atoms with E-state index in [-0.39, 0.29) is 18.0 Å². The molecule has 0 aromatic heterocycles. The van der Waals surface area contributed by atoms with Gasteiger partial charge in [0, 0.05) is 12.7 Å². The molecule has 0 unspecified atom stereocenters. The number of amides is 1. The van der Waals surface area contributed by atoms with E-state index in [1.807, 2.05) is 6.07 Å². The van der Waals surface area contributed by atoms with Crippen LogP contribution in [0.25, 0.3) is 0 Å². The molecule has 3 nitrogen and oxygen atoms in total. The third-order valence-electron chi connectivity index (χ3n) is 2.89. The van der Waals surface area contributed by atoms with Crippen molar-refractivity contribution in [3.05, 3.63) is 59.9 Å². The Morgan fingerprint density at radius 1 is 1.21 bits per heavy atom. The summed E-state index contributed by atoms with van der Waals surface area (Å²) in [4.78, 5) is 13.4. The van der Waals surface area contributed by atoms with E-state index in [9.17, 15) is 9.18 Å². The van der Waals surface area contributed by atoms with Crippen molar-refractivity contribution in [1.29, 1.82) is 0 Å². The Hall–Kier alpha value is -2.36. The van der Waals surface area contributed by atoms with E-state index in [0.717, 1.165) is 5.56 Å². The number of carbonyl (C=O) groups is 1. The molecule has 0 saturated heterocycles. The maximum atomic E-state index is 13.6. The first-order chi connectivity index (χ1) is 9.08. The smallest absolute Gasteiger partial charge is 0.231 e. The Morgan fingerprint density at radius 2 is 1.95 bits per heavy atom. The Kier molecular flexibility index (Phi) is 3.80. The predicted octanol–water partition coefficient (Wildman–Crippen LogP) is 2.61. The average molecular weight is 258 g/mol. The lowest BCUT2D eigenvalue weighted by Gasteiger charge is -2.18. The number of halogens is 1. The van der Waals surface area contributed by atoms with Gasteiger partial charge in [0.2, 0.25) is 5.91 Å². The molecule has 0 atom stereocenters. The molecule has 0 aliphatic carbocycles. The third kappa shape index (κ3) is 3.10. The summed E-state index contributed by atoms with van der Waals surface area (Å²) < 4.78 is 13.6. The van der Waals surface area contributed by atoms with Crippen LogP contribution in [0.15, 0.2) is 48.5 Å². The molecule has 2 aromatic carbocycles. The number of benzene rings is 2. The Morgan fingerprint density at radius 3 is 2.63 bits per heavy atom. The molecular weight excluding hydrogens is 243 g/mol. The van der Waals surface area contributed by atoms with Crippen LogP contribution in [-0.4, -0.2) is 13.0 Å². The van der Waals surface area contributed by atoms with Crippen molar-refractivity contribution < 1.29 is 9.18 Å². The Labute approximate surface area is 111 Å². The molecule has 0 aliphatic heterocycles. The number of nitrogen functional groups attached to an aromatic ring is 1. The van der Waals surface area contributed by atoms with Crippen LogP contribution in [-0.2, 0) is 11.2 Å². The van der Waals surface area contributed by atoms with Gasteiger partial charge in [0.1, 0.15) is 5.82 Å². The van der Waals surface area contributed by atoms with Gasteiger partial charge in [0.25, 0.3) is 0 Å². The second kappa shape index (κ2) is 5.52. The van der Waals surface area contributed by atoms with E-state index in [4.69, 9.17) is 5.73 Å². The van der Waals surface area contributed by atoms with Crippen LogP contribution in [0.4, 0.5) is 15.8 Å². The number of rotatable bonds is 3. The largest absolute Gasteiger partial charge is 0.399 e. The second-order valence-electron chi connectivity index (χ2n) is 4.33. The normalized spacial score (nSPS) is 10.2. The lowest BCUT2D eigenvalue weighted by Crippen LogP contribution is -2.28. The summed E-state index contributed by atoms with van der Waals surface area (Å²) >= 11 is 0. The fraction of sp³-hybridized carbons (Fsp3) is 0.133. The number of carbonyl (C=O) groups excluding carboxylic acids is 1. The molecule has 0 bridgehead atoms. The van der Waals surface area contributed by atoms with Gasteiger partial charge in [-0.1, -0.05) is 24.3 Å². The molecule has 2 N–H and O–H groups in total. The van der Waals surface area contributed by atoms with Gasteiger partial charge in [-0.3, -0.25) is 4.79 Å². The zero-order valence-electron chi connectivity index (χ0n) is 10.6. The first-order valence-electron chi connectivity index (χ1n) is 5.93. The summed E-state index contributed by atoms with van der Waals surface area (Å²) in [5.41, 5.74) is 7.36. The van der Waals surface area contributed by atoms with Crippen molar-refractivity contribution in [2.75, 3.05) is 17.7 Å². The summed E-state index contributed by atoms with van der Waals surface area (Å²) in [6.07, 6.45) is 0.190. The lowest BCUT2D eigenvalue weighted by molar-refractivity contribution is -0.117. The molecule has 1 amide bonds. The molecule has 0 heterocycles. The van der Waals surface area contributed by atoms with Crippen molar-refractivity contribution in [3.63, 3.8) is 0 Å². The standard InChI is InChI=1S/C15H15FN2O/c1-18(14-8-3-2-7-13(14)16)15(19)10-11-5-4-6-12(17)9-11/h2-9H,10,17H2,1H3. The molecular formula is C15H15FN2O. The number of hydrogen-bond donors (Lipinski definition) is 1. The van der Waals surface area contributed by atoms with Crippen LogP contribution < -0.4 is 10.6 Å². The lowest BCUT2D eigenvalue weighted by atomic mass is 10.1. The number of anilines is 2. The average Bonchev–Trinajstić information content (AvgIpc) is 2.38. The van der Waals surface area contributed by atoms with E-state index in [1.54, 1.807) is 43.4 Å². The van der Waals surface area contributed by atoms with Gasteiger partial charge in [-0.15, -0.1) is 0 Å². The van der Waals surface area contributed by atoms with Crippen LogP contribution >= 0.6 is 0 Å². The van der Waals surface area contributed by atoms with Crippen molar-refractivity contribution in [1.82, 2.24) is 0 Å². The zero-order chi connectivity index (χ0) is 13.8. The quantitative estimate of drug-likeness (QED) is 0.860. The number of para-hydroxylation sites is 1. The summed E-state index contributed by atoms with van der Waals surface area (Å²) in [5.74, 6) is -0.596. The number of likely N-dealkylation sites (N-methyl/N-ethyl adjacent to an activating group) is 1. The van der Waals surface area contributed by atoms with Crippen molar-refractivity contribution >= 4 is 17.3 Å². The summed E-state index contributed by atoms with van der Waals surface area (Å²) in [6, 6.07) is 13.3. The van der Waals surface area contributed by atoms with Crippen LogP contribution in [0.1, 0.15) is 5.56 Å². The molecule has 2 aromatic rings. The molecule has 19 heavy (non-hydrogen) atoms. The van der Waals surface area contributed by atoms with E-state index >= 15 is 0 Å². The van der Waals surface area contributed by atoms with Gasteiger partial charge in [0.15, 0.2) is 0 Å². The zero-order valence-corrected chi connectivity index (χ0v) is 10.6. The fourth-order valence-electron chi connectivity index (χ4n) is 1.85. The SMILES string of the molecule is CN(C(=O)Cc1cccc(N)c1)c1ccccc1F. The molecule has 0 radical (unpaired) electrons. The molecule has 0 aliphatic rings. The topological polar surface area (TPSA) is 46.3 Å². The van der Waals surface area contributed by atoms with Crippen LogP contribution in [0.2, 0.25) is 0 Å². The van der Waals surface area contributed by atoms with Crippen LogP contribution in [0.3, 0.4) is 0 Å². The van der Waals surface area contributed by atoms with Gasteiger partial charge >= 0.3 is 0 Å². The molecule has 98 valence electrons. The van der Waals surface area contributed by atoms with E-state index in [0.29, 0.717) is 5.69 Å². The molecule has 4 heteroatoms. The third-order valence-corrected chi connectivity index (χ3v) is 2.89. The number of nitrogens with zero attached hydrogens (tertiary/aromatic N) is 1. The Balaban J connectivity index is 2.14. The molecule has 2 rings (SSSR count). The highest BCUT2D eigenvalue weighted by molar-refractivity contribution is 5.94. The van der Waals surface area contributed by atoms with Gasteiger partial charge in [0.05, 0.1) is 12.1 Å². The van der Waals surface area contributed by atoms with E-state index in [2.05, 4.69) is 0 Å². The van der Waals surface area contributed by atoms with E-state index in [1.165, 1.54) is 11.0 Å². The highest BCUT2D eigenvalue weighted by Gasteiger charge is 2.14. The first kappa shape index (κ1) is 13.1. The van der Waals surface area contributed by atoms with Gasteiger partial charge in [-0.05, 0) is 29.8 Å². The minimum absolute atomic E-state index is 0.185. The van der Waals surface area contributed by atoms with Gasteiger partial charge in [-0.25, -0.2) is 4.39 Å². The molecule has 0 fully saturated rings. The van der Waals surface area contributed by atoms with Crippen molar-refractivity contribution in [2.45, 2.75) is 6.42 Å². The fourth-order valence-corrected chi connectivity index (χ4v) is 1.85. The maximum Gasteiger partial charge on any atom is 0.231 e. The second-order valence-corrected chi connectivity index (χ2v) is 4.33. The summed E-state index contributed by atoms with van der Waals surface area (Å²) in [5, 5.41) is 0. The highest BCUT2D eigenvalue weighted by atomic mass is 19.1. The molecule has 0 saturated carbocycles. The van der Waals surface area contributed by atoms with Crippen molar-refractivity contribution in [2.24, 2.45) is 0 Å². The predicted molar refractivity (Wildman–Crippen MR) is 74.4 cm³/mol. The number of nitrogens with two attached hydrogens (primary N) is 1. The minimum Gasteiger partial charge on any atom is -0.399 e. The van der Waals surface area contributed by atoms with Gasteiger partial charge < -0.3 is 10.6 Å². The minimum atomic E-state index is -0.411. The summed E-state index contributed by atoms with van der Waals surface area (Å²) in [6.45, 7) is 0. The first-order valence-corrected chi connectivity index (χ1v) is 5.93. The monoisotopic (exact) mass is 258 g/mol. The maximum absolute atomic E-state index is 13.6. The van der Waals surface area contributed by atoms with Crippen LogP contribution in [0.5, 0.6) is 0 Å². The number of hydrogen-bond acceptors (Lipinski definition) is 2. The van der Waals surface area contributed by atoms with Gasteiger partial charge in [-0.2, -0.15) is 0 Å². The summed E-state index contributed by atoms with van der Waals surface area (Å²) in [7, 11) is 1.56. The highest BCUT2D eigenvalue weighted by Crippen LogP contribution is 2.18. The van der Waals surface area contributed by atoms with Crippen molar-refractivity contribution in [3.8, 4) is 0 Å². The molecule has 0 spiro atoms. The van der Waals surface area contributed by atoms with Crippen LogP contribution in [0, 0.1) is 5.82 Å².